The summed E-state index contributed by atoms with van der Waals surface area (Å²) < 4.78 is 5.79. The first-order chi connectivity index (χ1) is 9.81. The minimum atomic E-state index is 0.111. The van der Waals surface area contributed by atoms with Gasteiger partial charge in [0.15, 0.2) is 0 Å². The van der Waals surface area contributed by atoms with Crippen molar-refractivity contribution in [2.45, 2.75) is 13.0 Å². The number of aliphatic hydroxyl groups is 1. The molecule has 2 aromatic rings. The molecular weight excluding hydrogens is 250 g/mol. The summed E-state index contributed by atoms with van der Waals surface area (Å²) in [4.78, 5) is 0. The van der Waals surface area contributed by atoms with Crippen molar-refractivity contribution in [2.75, 3.05) is 13.2 Å². The van der Waals surface area contributed by atoms with Gasteiger partial charge in [0.2, 0.25) is 0 Å². The van der Waals surface area contributed by atoms with E-state index in [2.05, 4.69) is 0 Å². The van der Waals surface area contributed by atoms with Gasteiger partial charge in [-0.3, -0.25) is 0 Å². The largest absolute Gasteiger partial charge is 0.489 e. The SMILES string of the molecule is NCC(CO)Cc1cccc(OCc2ccccc2)c1. The first-order valence-electron chi connectivity index (χ1n) is 6.88. The fourth-order valence-electron chi connectivity index (χ4n) is 2.06. The van der Waals surface area contributed by atoms with Crippen LogP contribution in [0.1, 0.15) is 11.1 Å². The van der Waals surface area contributed by atoms with Crippen LogP contribution in [0.25, 0.3) is 0 Å². The zero-order chi connectivity index (χ0) is 14.2. The number of hydrogen-bond donors (Lipinski definition) is 2. The molecule has 0 saturated carbocycles. The first-order valence-corrected chi connectivity index (χ1v) is 6.88. The standard InChI is InChI=1S/C17H21NO2/c18-11-16(12-19)9-15-7-4-8-17(10-15)20-13-14-5-2-1-3-6-14/h1-8,10,16,19H,9,11-13,18H2. The quantitative estimate of drug-likeness (QED) is 0.813. The Morgan fingerprint density at radius 3 is 2.45 bits per heavy atom. The van der Waals surface area contributed by atoms with Gasteiger partial charge in [-0.2, -0.15) is 0 Å². The highest BCUT2D eigenvalue weighted by molar-refractivity contribution is 5.29. The summed E-state index contributed by atoms with van der Waals surface area (Å²) in [5.41, 5.74) is 7.90. The highest BCUT2D eigenvalue weighted by Gasteiger charge is 2.07. The molecular formula is C17H21NO2. The van der Waals surface area contributed by atoms with E-state index >= 15 is 0 Å². The molecule has 3 nitrogen and oxygen atoms in total. The van der Waals surface area contributed by atoms with Crippen molar-refractivity contribution in [2.24, 2.45) is 11.7 Å². The second-order valence-electron chi connectivity index (χ2n) is 4.91. The molecule has 0 aliphatic carbocycles. The van der Waals surface area contributed by atoms with Gasteiger partial charge in [0, 0.05) is 6.61 Å². The van der Waals surface area contributed by atoms with Crippen molar-refractivity contribution in [3.8, 4) is 5.75 Å². The van der Waals surface area contributed by atoms with E-state index in [1.807, 2.05) is 54.6 Å². The van der Waals surface area contributed by atoms with E-state index in [0.717, 1.165) is 23.3 Å². The normalized spacial score (nSPS) is 12.1. The third kappa shape index (κ3) is 4.37. The molecule has 2 aromatic carbocycles. The second-order valence-corrected chi connectivity index (χ2v) is 4.91. The van der Waals surface area contributed by atoms with Crippen LogP contribution in [0.15, 0.2) is 54.6 Å². The Bertz CT molecular complexity index is 509. The Morgan fingerprint density at radius 1 is 1.00 bits per heavy atom. The summed E-state index contributed by atoms with van der Waals surface area (Å²) in [6, 6.07) is 18.1. The lowest BCUT2D eigenvalue weighted by Gasteiger charge is -2.12. The predicted molar refractivity (Wildman–Crippen MR) is 80.6 cm³/mol. The lowest BCUT2D eigenvalue weighted by atomic mass is 10.0. The monoisotopic (exact) mass is 271 g/mol. The Morgan fingerprint density at radius 2 is 1.75 bits per heavy atom. The van der Waals surface area contributed by atoms with Crippen LogP contribution >= 0.6 is 0 Å². The van der Waals surface area contributed by atoms with Crippen molar-refractivity contribution in [1.29, 1.82) is 0 Å². The molecule has 0 aliphatic rings. The van der Waals surface area contributed by atoms with Crippen LogP contribution in [0.5, 0.6) is 5.75 Å². The van der Waals surface area contributed by atoms with Crippen molar-refractivity contribution < 1.29 is 9.84 Å². The summed E-state index contributed by atoms with van der Waals surface area (Å²) >= 11 is 0. The molecule has 0 saturated heterocycles. The third-order valence-corrected chi connectivity index (χ3v) is 3.26. The topological polar surface area (TPSA) is 55.5 Å². The summed E-state index contributed by atoms with van der Waals surface area (Å²) in [6.45, 7) is 1.17. The Balaban J connectivity index is 1.95. The van der Waals surface area contributed by atoms with Crippen molar-refractivity contribution in [3.63, 3.8) is 0 Å². The van der Waals surface area contributed by atoms with Crippen LogP contribution in [-0.4, -0.2) is 18.3 Å². The second kappa shape index (κ2) is 7.68. The number of benzene rings is 2. The van der Waals surface area contributed by atoms with Crippen LogP contribution in [0, 0.1) is 5.92 Å². The Labute approximate surface area is 120 Å². The van der Waals surface area contributed by atoms with Crippen LogP contribution in [0.4, 0.5) is 0 Å². The Hall–Kier alpha value is -1.84. The van der Waals surface area contributed by atoms with E-state index in [0.29, 0.717) is 13.2 Å². The summed E-state index contributed by atoms with van der Waals surface area (Å²) in [5, 5.41) is 9.20. The number of rotatable bonds is 7. The molecule has 0 fully saturated rings. The fraction of sp³-hybridized carbons (Fsp3) is 0.294. The Kier molecular flexibility index (Phi) is 5.59. The van der Waals surface area contributed by atoms with Gasteiger partial charge in [0.1, 0.15) is 12.4 Å². The molecule has 106 valence electrons. The smallest absolute Gasteiger partial charge is 0.120 e. The van der Waals surface area contributed by atoms with E-state index < -0.39 is 0 Å². The molecule has 3 N–H and O–H groups in total. The number of ether oxygens (including phenoxy) is 1. The molecule has 0 radical (unpaired) electrons. The van der Waals surface area contributed by atoms with Gasteiger partial charge in [-0.1, -0.05) is 42.5 Å². The minimum absolute atomic E-state index is 0.111. The van der Waals surface area contributed by atoms with Gasteiger partial charge in [0.05, 0.1) is 0 Å². The third-order valence-electron chi connectivity index (χ3n) is 3.26. The van der Waals surface area contributed by atoms with Crippen molar-refractivity contribution >= 4 is 0 Å². The minimum Gasteiger partial charge on any atom is -0.489 e. The van der Waals surface area contributed by atoms with Crippen LogP contribution in [-0.2, 0) is 13.0 Å². The molecule has 1 unspecified atom stereocenters. The van der Waals surface area contributed by atoms with E-state index in [1.54, 1.807) is 0 Å². The molecule has 0 spiro atoms. The maximum atomic E-state index is 9.20. The van der Waals surface area contributed by atoms with Gasteiger partial charge in [-0.05, 0) is 42.1 Å². The van der Waals surface area contributed by atoms with Crippen LogP contribution < -0.4 is 10.5 Å². The molecule has 3 heteroatoms. The average molecular weight is 271 g/mol. The number of aliphatic hydroxyl groups excluding tert-OH is 1. The molecule has 0 aromatic heterocycles. The first kappa shape index (κ1) is 14.6. The molecule has 20 heavy (non-hydrogen) atoms. The lowest BCUT2D eigenvalue weighted by Crippen LogP contribution is -2.20. The molecule has 0 bridgehead atoms. The van der Waals surface area contributed by atoms with Crippen molar-refractivity contribution in [1.82, 2.24) is 0 Å². The van der Waals surface area contributed by atoms with E-state index in [1.165, 1.54) is 0 Å². The highest BCUT2D eigenvalue weighted by Crippen LogP contribution is 2.17. The predicted octanol–water partition coefficient (Wildman–Crippen LogP) is 2.38. The van der Waals surface area contributed by atoms with Gasteiger partial charge in [-0.15, -0.1) is 0 Å². The number of nitrogens with two attached hydrogens (primary N) is 1. The van der Waals surface area contributed by atoms with E-state index in [-0.39, 0.29) is 12.5 Å². The fourth-order valence-corrected chi connectivity index (χ4v) is 2.06. The van der Waals surface area contributed by atoms with Crippen LogP contribution in [0.3, 0.4) is 0 Å². The molecule has 2 rings (SSSR count). The van der Waals surface area contributed by atoms with Gasteiger partial charge in [0.25, 0.3) is 0 Å². The molecule has 0 aliphatic heterocycles. The summed E-state index contributed by atoms with van der Waals surface area (Å²) in [6.07, 6.45) is 0.773. The maximum absolute atomic E-state index is 9.20. The summed E-state index contributed by atoms with van der Waals surface area (Å²) in [7, 11) is 0. The molecule has 0 amide bonds. The van der Waals surface area contributed by atoms with Gasteiger partial charge in [-0.25, -0.2) is 0 Å². The summed E-state index contributed by atoms with van der Waals surface area (Å²) in [5.74, 6) is 0.958. The van der Waals surface area contributed by atoms with Crippen LogP contribution in [0.2, 0.25) is 0 Å². The maximum Gasteiger partial charge on any atom is 0.120 e. The number of hydrogen-bond acceptors (Lipinski definition) is 3. The zero-order valence-electron chi connectivity index (χ0n) is 11.5. The van der Waals surface area contributed by atoms with Crippen molar-refractivity contribution in [3.05, 3.63) is 65.7 Å². The zero-order valence-corrected chi connectivity index (χ0v) is 11.5. The average Bonchev–Trinajstić information content (AvgIpc) is 2.52. The van der Waals surface area contributed by atoms with E-state index in [4.69, 9.17) is 10.5 Å². The lowest BCUT2D eigenvalue weighted by molar-refractivity contribution is 0.229. The molecule has 1 atom stereocenters. The van der Waals surface area contributed by atoms with Gasteiger partial charge < -0.3 is 15.6 Å². The highest BCUT2D eigenvalue weighted by atomic mass is 16.5. The molecule has 0 heterocycles. The van der Waals surface area contributed by atoms with Gasteiger partial charge >= 0.3 is 0 Å². The van der Waals surface area contributed by atoms with E-state index in [9.17, 15) is 5.11 Å².